The lowest BCUT2D eigenvalue weighted by Crippen LogP contribution is -2.04. The van der Waals surface area contributed by atoms with E-state index in [2.05, 4.69) is 182 Å². The van der Waals surface area contributed by atoms with Crippen molar-refractivity contribution in [2.45, 2.75) is 29.4 Å². The lowest BCUT2D eigenvalue weighted by atomic mass is 10.4. The molecule has 0 radical (unpaired) electrons. The first-order valence-corrected chi connectivity index (χ1v) is 16.2. The number of hydrogen-bond acceptors (Lipinski definition) is 6. The van der Waals surface area contributed by atoms with Crippen molar-refractivity contribution >= 4 is 21.8 Å². The highest BCUT2D eigenvalue weighted by Crippen LogP contribution is 2.31. The van der Waals surface area contributed by atoms with Crippen molar-refractivity contribution in [2.24, 2.45) is 0 Å². The van der Waals surface area contributed by atoms with Gasteiger partial charge >= 0.3 is 0 Å². The van der Waals surface area contributed by atoms with Gasteiger partial charge in [0.1, 0.15) is 0 Å². The minimum absolute atomic E-state index is 0.0146. The first kappa shape index (κ1) is 34.9. The van der Waals surface area contributed by atoms with Crippen molar-refractivity contribution in [1.82, 2.24) is 0 Å². The quantitative estimate of drug-likeness (QED) is 0.100. The molecule has 232 valence electrons. The van der Waals surface area contributed by atoms with Crippen LogP contribution in [0.1, 0.15) is 0 Å². The summed E-state index contributed by atoms with van der Waals surface area (Å²) in [6.07, 6.45) is 0. The van der Waals surface area contributed by atoms with E-state index in [4.69, 9.17) is 30.6 Å². The van der Waals surface area contributed by atoms with Crippen molar-refractivity contribution in [3.63, 3.8) is 0 Å². The summed E-state index contributed by atoms with van der Waals surface area (Å²) < 4.78 is 0. The van der Waals surface area contributed by atoms with Gasteiger partial charge in [0.05, 0.1) is 32.0 Å². The largest absolute Gasteiger partial charge is 0.356 e. The fourth-order valence-corrected chi connectivity index (χ4v) is 8.36. The molecule has 0 aliphatic rings. The molecular formula is C36H30N2O6S2. The van der Waals surface area contributed by atoms with Crippen LogP contribution in [0.4, 0.5) is 0 Å². The van der Waals surface area contributed by atoms with Crippen molar-refractivity contribution in [3.8, 4) is 0 Å². The molecule has 0 amide bonds. The van der Waals surface area contributed by atoms with Gasteiger partial charge in [-0.3, -0.25) is 0 Å². The zero-order valence-corrected chi connectivity index (χ0v) is 26.1. The van der Waals surface area contributed by atoms with Crippen molar-refractivity contribution in [2.75, 3.05) is 0 Å². The van der Waals surface area contributed by atoms with Crippen LogP contribution in [-0.4, -0.2) is 10.2 Å². The minimum Gasteiger partial charge on any atom is -0.356 e. The number of hydrogen-bond donors (Lipinski definition) is 0. The van der Waals surface area contributed by atoms with E-state index in [-0.39, 0.29) is 21.8 Å². The summed E-state index contributed by atoms with van der Waals surface area (Å²) in [5.74, 6) is 0. The van der Waals surface area contributed by atoms with Crippen LogP contribution in [0.3, 0.4) is 0 Å². The molecule has 6 rings (SSSR count). The van der Waals surface area contributed by atoms with Crippen LogP contribution in [0.5, 0.6) is 0 Å². The van der Waals surface area contributed by atoms with Gasteiger partial charge < -0.3 is 30.6 Å². The molecule has 8 nitrogen and oxygen atoms in total. The Bertz CT molecular complexity index is 1380. The third-order valence-electron chi connectivity index (χ3n) is 5.87. The van der Waals surface area contributed by atoms with Gasteiger partial charge in [-0.05, 0) is 72.8 Å². The van der Waals surface area contributed by atoms with Gasteiger partial charge in [0, 0.05) is 0 Å². The molecule has 6 aromatic rings. The second-order valence-electron chi connectivity index (χ2n) is 8.94. The maximum atomic E-state index is 8.25. The molecule has 0 atom stereocenters. The Morgan fingerprint density at radius 3 is 0.500 bits per heavy atom. The Morgan fingerprint density at radius 1 is 0.283 bits per heavy atom. The number of benzene rings is 6. The van der Waals surface area contributed by atoms with Crippen molar-refractivity contribution in [3.05, 3.63) is 213 Å². The summed E-state index contributed by atoms with van der Waals surface area (Å²) in [5.41, 5.74) is 0. The molecule has 10 heteroatoms. The number of nitrogens with zero attached hydrogens (tertiary/aromatic N) is 2. The number of rotatable bonds is 6. The van der Waals surface area contributed by atoms with Gasteiger partial charge in [0.2, 0.25) is 0 Å². The Hall–Kier alpha value is -5.58. The Kier molecular flexibility index (Phi) is 14.9. The smallest absolute Gasteiger partial charge is 0.166 e. The van der Waals surface area contributed by atoms with E-state index in [1.165, 1.54) is 29.4 Å². The fraction of sp³-hybridized carbons (Fsp3) is 0. The summed E-state index contributed by atoms with van der Waals surface area (Å²) in [6.45, 7) is 0. The van der Waals surface area contributed by atoms with Crippen LogP contribution in [0.25, 0.3) is 0 Å². The van der Waals surface area contributed by atoms with Crippen LogP contribution >= 0.6 is 0 Å². The van der Waals surface area contributed by atoms with Crippen LogP contribution in [0.2, 0.25) is 0 Å². The molecule has 0 bridgehead atoms. The van der Waals surface area contributed by atoms with Gasteiger partial charge in [-0.2, -0.15) is 0 Å². The predicted octanol–water partition coefficient (Wildman–Crippen LogP) is 9.09. The zero-order chi connectivity index (χ0) is 33.0. The monoisotopic (exact) mass is 650 g/mol. The van der Waals surface area contributed by atoms with E-state index in [0.717, 1.165) is 0 Å². The van der Waals surface area contributed by atoms with E-state index in [0.29, 0.717) is 0 Å². The molecule has 0 unspecified atom stereocenters. The first-order chi connectivity index (χ1) is 22.4. The van der Waals surface area contributed by atoms with Gasteiger partial charge in [0.15, 0.2) is 29.4 Å². The molecule has 0 aliphatic heterocycles. The summed E-state index contributed by atoms with van der Waals surface area (Å²) in [5, 5.41) is 29.5. The minimum atomic E-state index is -1.75. The normalized spacial score (nSPS) is 9.78. The third kappa shape index (κ3) is 12.2. The molecule has 0 fully saturated rings. The second kappa shape index (κ2) is 19.6. The van der Waals surface area contributed by atoms with Crippen LogP contribution < -0.4 is 0 Å². The molecule has 0 spiro atoms. The van der Waals surface area contributed by atoms with Crippen LogP contribution in [0, 0.1) is 30.6 Å². The average Bonchev–Trinajstić information content (AvgIpc) is 3.08. The van der Waals surface area contributed by atoms with E-state index in [9.17, 15) is 0 Å². The maximum Gasteiger partial charge on any atom is 0.166 e. The molecule has 0 aromatic heterocycles. The Balaban J connectivity index is 0.000000204. The molecule has 0 aliphatic carbocycles. The molecular weight excluding hydrogens is 621 g/mol. The van der Waals surface area contributed by atoms with Crippen LogP contribution in [0.15, 0.2) is 211 Å². The highest BCUT2D eigenvalue weighted by molar-refractivity contribution is 7.97. The van der Waals surface area contributed by atoms with Gasteiger partial charge in [-0.1, -0.05) is 109 Å². The topological polar surface area (TPSA) is 132 Å². The molecule has 6 aromatic carbocycles. The molecule has 0 heterocycles. The highest BCUT2D eigenvalue weighted by Gasteiger charge is 2.28. The standard InChI is InChI=1S/2C18H15S.2NO3/c2*1-4-10-16(11-5-1)19(17-12-6-2-7-13-17)18-14-8-3-9-15-18;2*2-1(3)4/h2*1-15H;;/q2*+1;2*-1. The van der Waals surface area contributed by atoms with E-state index < -0.39 is 10.2 Å². The van der Waals surface area contributed by atoms with E-state index in [1.807, 2.05) is 0 Å². The second-order valence-corrected chi connectivity index (χ2v) is 13.0. The average molecular weight is 651 g/mol. The molecule has 0 N–H and O–H groups in total. The summed E-state index contributed by atoms with van der Waals surface area (Å²) in [6, 6.07) is 64.3. The Morgan fingerprint density at radius 2 is 0.391 bits per heavy atom. The lowest BCUT2D eigenvalue weighted by molar-refractivity contribution is -0.403. The molecule has 0 saturated carbocycles. The fourth-order valence-electron chi connectivity index (χ4n) is 4.16. The van der Waals surface area contributed by atoms with Gasteiger partial charge in [0.25, 0.3) is 0 Å². The van der Waals surface area contributed by atoms with Crippen LogP contribution in [-0.2, 0) is 21.8 Å². The maximum absolute atomic E-state index is 8.25. The van der Waals surface area contributed by atoms with Crippen molar-refractivity contribution < 1.29 is 10.2 Å². The first-order valence-electron chi connectivity index (χ1n) is 13.8. The van der Waals surface area contributed by atoms with Gasteiger partial charge in [-0.15, -0.1) is 0 Å². The van der Waals surface area contributed by atoms with Crippen molar-refractivity contribution in [1.29, 1.82) is 0 Å². The third-order valence-corrected chi connectivity index (χ3v) is 10.3. The summed E-state index contributed by atoms with van der Waals surface area (Å²) in [4.78, 5) is 24.7. The Labute approximate surface area is 273 Å². The van der Waals surface area contributed by atoms with Gasteiger partial charge in [-0.25, -0.2) is 0 Å². The zero-order valence-electron chi connectivity index (χ0n) is 24.5. The lowest BCUT2D eigenvalue weighted by Gasteiger charge is -2.07. The van der Waals surface area contributed by atoms with E-state index >= 15 is 0 Å². The summed E-state index contributed by atoms with van der Waals surface area (Å²) >= 11 is 0. The predicted molar refractivity (Wildman–Crippen MR) is 184 cm³/mol. The summed E-state index contributed by atoms with van der Waals surface area (Å²) in [7, 11) is -0.0293. The highest BCUT2D eigenvalue weighted by atomic mass is 32.2. The molecule has 46 heavy (non-hydrogen) atoms. The van der Waals surface area contributed by atoms with E-state index in [1.54, 1.807) is 0 Å². The SMILES string of the molecule is O=[N+]([O-])[O-].O=[N+]([O-])[O-].c1ccc([S+](c2ccccc2)c2ccccc2)cc1.c1ccc([S+](c2ccccc2)c2ccccc2)cc1. The molecule has 0 saturated heterocycles.